The Morgan fingerprint density at radius 3 is 2.30 bits per heavy atom. The predicted octanol–water partition coefficient (Wildman–Crippen LogP) is 2.84. The van der Waals surface area contributed by atoms with E-state index in [2.05, 4.69) is 18.6 Å². The van der Waals surface area contributed by atoms with E-state index >= 15 is 0 Å². The molecule has 0 aliphatic carbocycles. The molecule has 5 heteroatoms. The van der Waals surface area contributed by atoms with Gasteiger partial charge in [0.15, 0.2) is 0 Å². The first-order valence-electron chi connectivity index (χ1n) is 7.12. The molecule has 0 saturated heterocycles. The molecule has 114 valence electrons. The van der Waals surface area contributed by atoms with Crippen LogP contribution in [0.4, 0.5) is 0 Å². The fourth-order valence-electron chi connectivity index (χ4n) is 2.35. The quantitative estimate of drug-likeness (QED) is 0.813. The predicted molar refractivity (Wildman–Crippen MR) is 80.9 cm³/mol. The average Bonchev–Trinajstić information content (AvgIpc) is 2.39. The zero-order valence-electron chi connectivity index (χ0n) is 12.6. The normalized spacial score (nSPS) is 15.3. The van der Waals surface area contributed by atoms with Gasteiger partial charge in [-0.2, -0.15) is 0 Å². The average molecular weight is 299 g/mol. The summed E-state index contributed by atoms with van der Waals surface area (Å²) < 4.78 is 27.5. The summed E-state index contributed by atoms with van der Waals surface area (Å²) >= 11 is 0. The first kappa shape index (κ1) is 17.1. The van der Waals surface area contributed by atoms with E-state index in [1.165, 1.54) is 6.07 Å². The maximum atomic E-state index is 12.4. The molecule has 0 spiro atoms. The lowest BCUT2D eigenvalue weighted by Crippen LogP contribution is -2.37. The summed E-state index contributed by atoms with van der Waals surface area (Å²) in [6, 6.07) is 6.33. The number of aliphatic hydroxyl groups excluding tert-OH is 1. The number of sulfonamides is 1. The fraction of sp³-hybridized carbons (Fsp3) is 0.600. The molecule has 0 saturated carbocycles. The molecule has 20 heavy (non-hydrogen) atoms. The molecule has 1 rings (SSSR count). The van der Waals surface area contributed by atoms with Gasteiger partial charge in [0, 0.05) is 6.04 Å². The minimum Gasteiger partial charge on any atom is -0.389 e. The Balaban J connectivity index is 2.96. The van der Waals surface area contributed by atoms with Crippen molar-refractivity contribution < 1.29 is 13.5 Å². The van der Waals surface area contributed by atoms with Crippen molar-refractivity contribution in [3.63, 3.8) is 0 Å². The highest BCUT2D eigenvalue weighted by Gasteiger charge is 2.22. The van der Waals surface area contributed by atoms with Crippen LogP contribution in [0.2, 0.25) is 0 Å². The van der Waals surface area contributed by atoms with Gasteiger partial charge >= 0.3 is 0 Å². The van der Waals surface area contributed by atoms with E-state index in [1.807, 2.05) is 6.92 Å². The van der Waals surface area contributed by atoms with Crippen LogP contribution in [0.3, 0.4) is 0 Å². The molecule has 1 aromatic rings. The van der Waals surface area contributed by atoms with Crippen molar-refractivity contribution in [2.45, 2.75) is 57.6 Å². The van der Waals surface area contributed by atoms with E-state index in [4.69, 9.17) is 0 Å². The molecule has 0 bridgehead atoms. The highest BCUT2D eigenvalue weighted by molar-refractivity contribution is 7.89. The zero-order valence-corrected chi connectivity index (χ0v) is 13.4. The molecule has 1 aromatic carbocycles. The Hall–Kier alpha value is -0.910. The van der Waals surface area contributed by atoms with Crippen molar-refractivity contribution in [3.05, 3.63) is 29.8 Å². The lowest BCUT2D eigenvalue weighted by Gasteiger charge is -2.22. The van der Waals surface area contributed by atoms with Crippen molar-refractivity contribution in [3.8, 4) is 0 Å². The van der Waals surface area contributed by atoms with Crippen LogP contribution in [-0.2, 0) is 10.0 Å². The minimum absolute atomic E-state index is 0.106. The molecule has 0 aromatic heterocycles. The Morgan fingerprint density at radius 2 is 1.80 bits per heavy atom. The van der Waals surface area contributed by atoms with Crippen LogP contribution in [0, 0.1) is 5.92 Å². The number of hydrogen-bond acceptors (Lipinski definition) is 3. The summed E-state index contributed by atoms with van der Waals surface area (Å²) in [7, 11) is -3.54. The molecule has 0 fully saturated rings. The number of nitrogens with one attached hydrogen (secondary N) is 1. The highest BCUT2D eigenvalue weighted by Crippen LogP contribution is 2.19. The van der Waals surface area contributed by atoms with Crippen molar-refractivity contribution in [1.29, 1.82) is 0 Å². The second kappa shape index (κ2) is 7.20. The van der Waals surface area contributed by atoms with E-state index in [-0.39, 0.29) is 10.9 Å². The van der Waals surface area contributed by atoms with Crippen molar-refractivity contribution in [2.24, 2.45) is 5.92 Å². The largest absolute Gasteiger partial charge is 0.389 e. The van der Waals surface area contributed by atoms with Crippen LogP contribution in [0.1, 0.15) is 52.2 Å². The summed E-state index contributed by atoms with van der Waals surface area (Å²) in [4.78, 5) is 0.203. The van der Waals surface area contributed by atoms with Gasteiger partial charge in [0.05, 0.1) is 11.0 Å². The van der Waals surface area contributed by atoms with Crippen LogP contribution in [0.5, 0.6) is 0 Å². The second-order valence-electron chi connectivity index (χ2n) is 5.24. The molecule has 2 unspecified atom stereocenters. The number of aliphatic hydroxyl groups is 1. The van der Waals surface area contributed by atoms with E-state index in [1.54, 1.807) is 25.1 Å². The molecule has 0 aliphatic heterocycles. The van der Waals surface area contributed by atoms with Gasteiger partial charge in [0.1, 0.15) is 0 Å². The van der Waals surface area contributed by atoms with Crippen molar-refractivity contribution in [2.75, 3.05) is 0 Å². The Morgan fingerprint density at radius 1 is 1.20 bits per heavy atom. The van der Waals surface area contributed by atoms with Crippen LogP contribution < -0.4 is 4.72 Å². The molecule has 2 atom stereocenters. The molecule has 0 radical (unpaired) electrons. The third-order valence-electron chi connectivity index (χ3n) is 3.75. The third-order valence-corrected chi connectivity index (χ3v) is 5.30. The van der Waals surface area contributed by atoms with Gasteiger partial charge in [-0.15, -0.1) is 0 Å². The van der Waals surface area contributed by atoms with E-state index in [9.17, 15) is 13.5 Å². The lowest BCUT2D eigenvalue weighted by molar-refractivity contribution is 0.199. The van der Waals surface area contributed by atoms with E-state index in [0.717, 1.165) is 12.8 Å². The first-order valence-corrected chi connectivity index (χ1v) is 8.60. The zero-order chi connectivity index (χ0) is 15.3. The Kier molecular flexibility index (Phi) is 6.17. The molecular formula is C15H25NO3S. The van der Waals surface area contributed by atoms with Crippen molar-refractivity contribution >= 4 is 10.0 Å². The van der Waals surface area contributed by atoms with Crippen LogP contribution in [0.25, 0.3) is 0 Å². The van der Waals surface area contributed by atoms with Crippen LogP contribution in [0.15, 0.2) is 29.2 Å². The maximum Gasteiger partial charge on any atom is 0.240 e. The number of hydrogen-bond donors (Lipinski definition) is 2. The van der Waals surface area contributed by atoms with Crippen LogP contribution >= 0.6 is 0 Å². The summed E-state index contributed by atoms with van der Waals surface area (Å²) in [6.45, 7) is 7.64. The lowest BCUT2D eigenvalue weighted by atomic mass is 9.96. The molecule has 4 nitrogen and oxygen atoms in total. The minimum atomic E-state index is -3.54. The summed E-state index contributed by atoms with van der Waals surface area (Å²) in [5, 5.41) is 9.54. The summed E-state index contributed by atoms with van der Waals surface area (Å²) in [5.74, 6) is 0.324. The van der Waals surface area contributed by atoms with Gasteiger partial charge in [-0.25, -0.2) is 13.1 Å². The monoisotopic (exact) mass is 299 g/mol. The van der Waals surface area contributed by atoms with Gasteiger partial charge < -0.3 is 5.11 Å². The van der Waals surface area contributed by atoms with Gasteiger partial charge in [-0.05, 0) is 37.5 Å². The maximum absolute atomic E-state index is 12.4. The molecular weight excluding hydrogens is 274 g/mol. The topological polar surface area (TPSA) is 66.4 Å². The highest BCUT2D eigenvalue weighted by atomic mass is 32.2. The molecule has 0 heterocycles. The second-order valence-corrected chi connectivity index (χ2v) is 6.95. The van der Waals surface area contributed by atoms with Crippen LogP contribution in [-0.4, -0.2) is 19.6 Å². The fourth-order valence-corrected chi connectivity index (χ4v) is 3.71. The van der Waals surface area contributed by atoms with E-state index < -0.39 is 16.1 Å². The molecule has 0 amide bonds. The van der Waals surface area contributed by atoms with Gasteiger partial charge in [0.2, 0.25) is 10.0 Å². The Labute approximate surface area is 122 Å². The number of benzene rings is 1. The third kappa shape index (κ3) is 4.30. The van der Waals surface area contributed by atoms with Gasteiger partial charge in [-0.3, -0.25) is 0 Å². The summed E-state index contributed by atoms with van der Waals surface area (Å²) in [5.41, 5.74) is 0.600. The van der Waals surface area contributed by atoms with Gasteiger partial charge in [0.25, 0.3) is 0 Å². The van der Waals surface area contributed by atoms with E-state index in [0.29, 0.717) is 11.5 Å². The molecule has 2 N–H and O–H groups in total. The van der Waals surface area contributed by atoms with Crippen molar-refractivity contribution in [1.82, 2.24) is 4.72 Å². The SMILES string of the molecule is CCC(CC)C(C)NS(=O)(=O)c1cccc(C(C)O)c1. The smallest absolute Gasteiger partial charge is 0.240 e. The van der Waals surface area contributed by atoms with Gasteiger partial charge in [-0.1, -0.05) is 38.8 Å². The standard InChI is InChI=1S/C15H25NO3S/c1-5-13(6-2)11(3)16-20(18,19)15-9-7-8-14(10-15)12(4)17/h7-13,16-17H,5-6H2,1-4H3. The Bertz CT molecular complexity index is 522. The summed E-state index contributed by atoms with van der Waals surface area (Å²) in [6.07, 6.45) is 1.20. The first-order chi connectivity index (χ1) is 9.31. The number of rotatable bonds is 7. The molecule has 0 aliphatic rings.